The Balaban J connectivity index is 1.96. The summed E-state index contributed by atoms with van der Waals surface area (Å²) < 4.78 is 136. The van der Waals surface area contributed by atoms with Crippen LogP contribution in [0.4, 0.5) is 49.9 Å². The number of nitrogens with zero attached hydrogens (tertiary/aromatic N) is 2. The van der Waals surface area contributed by atoms with Crippen LogP contribution in [0.25, 0.3) is 5.83 Å². The summed E-state index contributed by atoms with van der Waals surface area (Å²) in [7, 11) is 0. The molecular formula is C23H11Cl3F10N4O. The topological polar surface area (TPSA) is 66.9 Å². The third-order valence-electron chi connectivity index (χ3n) is 5.11. The van der Waals surface area contributed by atoms with Crippen molar-refractivity contribution >= 4 is 52.5 Å². The molecule has 0 bridgehead atoms. The molecule has 1 aromatic heterocycles. The van der Waals surface area contributed by atoms with E-state index < -0.39 is 80.1 Å². The van der Waals surface area contributed by atoms with Gasteiger partial charge < -0.3 is 0 Å². The van der Waals surface area contributed by atoms with Gasteiger partial charge in [-0.25, -0.2) is 14.4 Å². The van der Waals surface area contributed by atoms with Crippen molar-refractivity contribution in [2.45, 2.75) is 24.4 Å². The molecule has 220 valence electrons. The number of allylic oxidation sites excluding steroid dienone is 1. The Kier molecular flexibility index (Phi) is 9.35. The van der Waals surface area contributed by atoms with Crippen LogP contribution in [0.2, 0.25) is 15.1 Å². The molecule has 18 heteroatoms. The highest BCUT2D eigenvalue weighted by molar-refractivity contribution is 6.48. The van der Waals surface area contributed by atoms with Crippen LogP contribution in [-0.4, -0.2) is 22.1 Å². The first-order valence-electron chi connectivity index (χ1n) is 10.6. The lowest BCUT2D eigenvalue weighted by Crippen LogP contribution is -2.32. The van der Waals surface area contributed by atoms with Gasteiger partial charge in [-0.05, 0) is 42.0 Å². The highest BCUT2D eigenvalue weighted by atomic mass is 35.5. The SMILES string of the molecule is O=C(NNc1nccc(C(F)(F)F)n1)c1ccc(/C(F)=C/C(c2cc(Cl)c(Cl)c(Cl)c2)C(F)(F)F)cc1C(F)(F)F. The van der Waals surface area contributed by atoms with Crippen molar-refractivity contribution in [1.82, 2.24) is 15.4 Å². The van der Waals surface area contributed by atoms with Crippen molar-refractivity contribution in [1.29, 1.82) is 0 Å². The number of anilines is 1. The molecule has 0 aliphatic rings. The van der Waals surface area contributed by atoms with E-state index in [2.05, 4.69) is 9.97 Å². The molecule has 0 aliphatic carbocycles. The number of aromatic nitrogens is 2. The first-order chi connectivity index (χ1) is 18.8. The van der Waals surface area contributed by atoms with Gasteiger partial charge in [0, 0.05) is 11.8 Å². The normalized spacial score (nSPS) is 13.6. The zero-order chi connectivity index (χ0) is 30.9. The predicted molar refractivity (Wildman–Crippen MR) is 129 cm³/mol. The Bertz CT molecular complexity index is 1470. The molecule has 0 aliphatic heterocycles. The molecule has 0 spiro atoms. The Labute approximate surface area is 238 Å². The third kappa shape index (κ3) is 7.92. The molecule has 2 N–H and O–H groups in total. The van der Waals surface area contributed by atoms with Crippen LogP contribution in [0.5, 0.6) is 0 Å². The molecule has 5 nitrogen and oxygen atoms in total. The number of hydrogen-bond acceptors (Lipinski definition) is 4. The highest BCUT2D eigenvalue weighted by Gasteiger charge is 2.41. The predicted octanol–water partition coefficient (Wildman–Crippen LogP) is 8.89. The fourth-order valence-corrected chi connectivity index (χ4v) is 3.87. The summed E-state index contributed by atoms with van der Waals surface area (Å²) in [6.45, 7) is 0. The summed E-state index contributed by atoms with van der Waals surface area (Å²) >= 11 is 17.2. The van der Waals surface area contributed by atoms with Crippen molar-refractivity contribution in [3.63, 3.8) is 0 Å². The van der Waals surface area contributed by atoms with Crippen LogP contribution in [0, 0.1) is 0 Å². The van der Waals surface area contributed by atoms with E-state index in [9.17, 15) is 48.7 Å². The molecule has 1 heterocycles. The summed E-state index contributed by atoms with van der Waals surface area (Å²) in [6.07, 6.45) is -14.7. The molecule has 1 amide bonds. The molecule has 0 saturated carbocycles. The maximum atomic E-state index is 15.0. The molecule has 1 atom stereocenters. The van der Waals surface area contributed by atoms with Crippen molar-refractivity contribution in [3.05, 3.63) is 91.7 Å². The van der Waals surface area contributed by atoms with E-state index in [-0.39, 0.29) is 17.2 Å². The van der Waals surface area contributed by atoms with Gasteiger partial charge in [-0.3, -0.25) is 15.6 Å². The molecule has 2 aromatic carbocycles. The van der Waals surface area contributed by atoms with E-state index in [4.69, 9.17) is 34.8 Å². The average Bonchev–Trinajstić information content (AvgIpc) is 2.86. The number of benzene rings is 2. The quantitative estimate of drug-likeness (QED) is 0.158. The van der Waals surface area contributed by atoms with Crippen LogP contribution in [-0.2, 0) is 12.4 Å². The lowest BCUT2D eigenvalue weighted by Gasteiger charge is -2.19. The van der Waals surface area contributed by atoms with E-state index in [0.29, 0.717) is 24.4 Å². The minimum atomic E-state index is -5.32. The lowest BCUT2D eigenvalue weighted by atomic mass is 9.95. The number of alkyl halides is 9. The van der Waals surface area contributed by atoms with Crippen LogP contribution in [0.1, 0.15) is 38.7 Å². The Morgan fingerprint density at radius 3 is 2.02 bits per heavy atom. The summed E-state index contributed by atoms with van der Waals surface area (Å²) in [5, 5.41) is -1.06. The van der Waals surface area contributed by atoms with Gasteiger partial charge in [0.2, 0.25) is 5.95 Å². The summed E-state index contributed by atoms with van der Waals surface area (Å²) in [6, 6.07) is 3.13. The fraction of sp³-hybridized carbons (Fsp3) is 0.174. The number of carbonyl (C=O) groups is 1. The number of halogens is 13. The van der Waals surface area contributed by atoms with Gasteiger partial charge in [0.25, 0.3) is 5.91 Å². The molecule has 0 saturated heterocycles. The average molecular weight is 656 g/mol. The Morgan fingerprint density at radius 2 is 1.49 bits per heavy atom. The minimum absolute atomic E-state index is 0.0162. The second-order valence-electron chi connectivity index (χ2n) is 7.93. The van der Waals surface area contributed by atoms with Crippen LogP contribution >= 0.6 is 34.8 Å². The van der Waals surface area contributed by atoms with Crippen molar-refractivity contribution in [2.75, 3.05) is 5.43 Å². The fourth-order valence-electron chi connectivity index (χ4n) is 3.26. The van der Waals surface area contributed by atoms with Crippen LogP contribution in [0.15, 0.2) is 48.7 Å². The maximum Gasteiger partial charge on any atom is 0.433 e. The molecule has 1 unspecified atom stereocenters. The minimum Gasteiger partial charge on any atom is -0.267 e. The van der Waals surface area contributed by atoms with Gasteiger partial charge in [0.1, 0.15) is 17.4 Å². The van der Waals surface area contributed by atoms with Crippen molar-refractivity contribution < 1.29 is 48.7 Å². The van der Waals surface area contributed by atoms with Gasteiger partial charge in [-0.2, -0.15) is 39.5 Å². The number of hydrazine groups is 1. The number of nitrogens with one attached hydrogen (secondary N) is 2. The van der Waals surface area contributed by atoms with Crippen LogP contribution < -0.4 is 10.9 Å². The van der Waals surface area contributed by atoms with Gasteiger partial charge in [0.05, 0.1) is 26.2 Å². The molecule has 41 heavy (non-hydrogen) atoms. The second kappa shape index (κ2) is 11.9. The maximum absolute atomic E-state index is 15.0. The zero-order valence-corrected chi connectivity index (χ0v) is 21.7. The van der Waals surface area contributed by atoms with Gasteiger partial charge in [-0.1, -0.05) is 40.9 Å². The smallest absolute Gasteiger partial charge is 0.267 e. The van der Waals surface area contributed by atoms with E-state index in [1.165, 1.54) is 0 Å². The van der Waals surface area contributed by atoms with Crippen LogP contribution in [0.3, 0.4) is 0 Å². The summed E-state index contributed by atoms with van der Waals surface area (Å²) in [5.41, 5.74) is -2.52. The molecular weight excluding hydrogens is 645 g/mol. The van der Waals surface area contributed by atoms with E-state index in [1.807, 2.05) is 5.43 Å². The summed E-state index contributed by atoms with van der Waals surface area (Å²) in [5.74, 6) is -6.85. The monoisotopic (exact) mass is 654 g/mol. The first-order valence-corrected chi connectivity index (χ1v) is 11.7. The largest absolute Gasteiger partial charge is 0.433 e. The van der Waals surface area contributed by atoms with Gasteiger partial charge in [-0.15, -0.1) is 0 Å². The lowest BCUT2D eigenvalue weighted by molar-refractivity contribution is -0.141. The second-order valence-corrected chi connectivity index (χ2v) is 9.13. The standard InChI is InChI=1S/C23H11Cl3F10N4O/c24-14-6-10(7-15(25)18(14)26)12(21(28,29)30)8-16(27)9-1-2-11(13(5-9)22(31,32)33)19(41)39-40-20-37-4-3-17(38-20)23(34,35)36/h1-8,12H,(H,39,41)(H,37,38,40)/b16-8-. The van der Waals surface area contributed by atoms with E-state index >= 15 is 0 Å². The molecule has 3 rings (SSSR count). The molecule has 0 fully saturated rings. The zero-order valence-electron chi connectivity index (χ0n) is 19.4. The third-order valence-corrected chi connectivity index (χ3v) is 6.31. The summed E-state index contributed by atoms with van der Waals surface area (Å²) in [4.78, 5) is 18.8. The number of hydrogen-bond donors (Lipinski definition) is 2. The number of amides is 1. The van der Waals surface area contributed by atoms with Crippen molar-refractivity contribution in [2.24, 2.45) is 0 Å². The Morgan fingerprint density at radius 1 is 0.878 bits per heavy atom. The van der Waals surface area contributed by atoms with Gasteiger partial charge in [0.15, 0.2) is 0 Å². The first kappa shape index (κ1) is 32.2. The van der Waals surface area contributed by atoms with Gasteiger partial charge >= 0.3 is 18.5 Å². The highest BCUT2D eigenvalue weighted by Crippen LogP contribution is 2.43. The number of carbonyl (C=O) groups excluding carboxylic acids is 1. The molecule has 3 aromatic rings. The number of rotatable bonds is 6. The van der Waals surface area contributed by atoms with E-state index in [0.717, 1.165) is 12.1 Å². The Hall–Kier alpha value is -3.30. The van der Waals surface area contributed by atoms with Crippen molar-refractivity contribution in [3.8, 4) is 0 Å². The molecule has 0 radical (unpaired) electrons. The van der Waals surface area contributed by atoms with E-state index in [1.54, 1.807) is 5.43 Å².